The normalized spacial score (nSPS) is 35.3. The minimum absolute atomic E-state index is 0.0520. The monoisotopic (exact) mass is 514 g/mol. The van der Waals surface area contributed by atoms with Crippen molar-refractivity contribution in [2.45, 2.75) is 120 Å². The number of alkyl halides is 1. The lowest BCUT2D eigenvalue weighted by Crippen LogP contribution is -2.52. The van der Waals surface area contributed by atoms with Gasteiger partial charge < -0.3 is 8.85 Å². The van der Waals surface area contributed by atoms with Crippen molar-refractivity contribution in [2.75, 3.05) is 0 Å². The second-order valence-corrected chi connectivity index (χ2v) is 23.7. The molecule has 5 atom stereocenters. The van der Waals surface area contributed by atoms with Crippen molar-refractivity contribution in [3.05, 3.63) is 11.6 Å². The van der Waals surface area contributed by atoms with Gasteiger partial charge in [-0.2, -0.15) is 0 Å². The van der Waals surface area contributed by atoms with Gasteiger partial charge in [0.25, 0.3) is 0 Å². The lowest BCUT2D eigenvalue weighted by molar-refractivity contribution is -0.121. The lowest BCUT2D eigenvalue weighted by Gasteiger charge is -2.45. The zero-order chi connectivity index (χ0) is 22.9. The Bertz CT molecular complexity index is 732. The molecule has 30 heavy (non-hydrogen) atoms. The molecule has 0 saturated heterocycles. The van der Waals surface area contributed by atoms with Gasteiger partial charge in [-0.25, -0.2) is 0 Å². The molecule has 0 aromatic carbocycles. The maximum Gasteiger partial charge on any atom is 0.192 e. The quantitative estimate of drug-likeness (QED) is 0.225. The van der Waals surface area contributed by atoms with Gasteiger partial charge in [0.05, 0.1) is 16.5 Å². The smallest absolute Gasteiger partial charge is 0.192 e. The average molecular weight is 516 g/mol. The highest BCUT2D eigenvalue weighted by atomic mass is 79.9. The summed E-state index contributed by atoms with van der Waals surface area (Å²) in [6, 6.07) is 0. The third kappa shape index (κ3) is 4.02. The molecule has 0 bridgehead atoms. The van der Waals surface area contributed by atoms with E-state index >= 15 is 0 Å². The Morgan fingerprint density at radius 1 is 1.00 bits per heavy atom. The van der Waals surface area contributed by atoms with Crippen LogP contribution in [0.4, 0.5) is 0 Å². The van der Waals surface area contributed by atoms with Crippen LogP contribution in [0.5, 0.6) is 0 Å². The second kappa shape index (κ2) is 7.64. The maximum absolute atomic E-state index is 13.2. The predicted octanol–water partition coefficient (Wildman–Crippen LogP) is 7.23. The molecule has 172 valence electrons. The molecule has 0 spiro atoms. The van der Waals surface area contributed by atoms with Crippen LogP contribution in [-0.2, 0) is 13.6 Å². The summed E-state index contributed by atoms with van der Waals surface area (Å²) in [4.78, 5) is 13.2. The molecule has 6 heteroatoms. The number of carbonyl (C=O) groups excluding carboxylic acids is 1. The van der Waals surface area contributed by atoms with Crippen LogP contribution >= 0.6 is 15.9 Å². The molecule has 0 radical (unpaired) electrons. The zero-order valence-corrected chi connectivity index (χ0v) is 24.4. The highest BCUT2D eigenvalue weighted by Gasteiger charge is 2.62. The number of fused-ring (bicyclic) bond motifs is 3. The molecule has 3 rings (SSSR count). The molecule has 3 aliphatic carbocycles. The molecular formula is C24H43BrO3Si2. The number of halogens is 1. The number of rotatable bonds is 4. The highest BCUT2D eigenvalue weighted by Crippen LogP contribution is 2.59. The van der Waals surface area contributed by atoms with Crippen molar-refractivity contribution in [1.29, 1.82) is 0 Å². The first kappa shape index (κ1) is 24.9. The minimum Gasteiger partial charge on any atom is -0.413 e. The number of ketones is 1. The van der Waals surface area contributed by atoms with Crippen LogP contribution in [0, 0.1) is 11.8 Å². The van der Waals surface area contributed by atoms with Gasteiger partial charge in [-0.15, -0.1) is 0 Å². The standard InChI is InChI=1S/C24H43BrO3Si2/c1-22(2,3)29(7,8)27-18-15-19(28-30(9,10)23(4,5)6)21-17(18)13-11-16-12-14-20(26)24(16,21)25/h13,16,18-19,21H,11-12,14-15H2,1-10H3/t16-,18-,19+,21+,24+/m1/s1. The van der Waals surface area contributed by atoms with Gasteiger partial charge in [0, 0.05) is 18.8 Å². The van der Waals surface area contributed by atoms with Gasteiger partial charge in [0.2, 0.25) is 0 Å². The molecule has 0 aliphatic heterocycles. The zero-order valence-electron chi connectivity index (χ0n) is 20.8. The van der Waals surface area contributed by atoms with Gasteiger partial charge in [-0.3, -0.25) is 4.79 Å². The average Bonchev–Trinajstić information content (AvgIpc) is 3.03. The van der Waals surface area contributed by atoms with E-state index in [0.717, 1.165) is 19.3 Å². The Labute approximate surface area is 195 Å². The molecule has 0 N–H and O–H groups in total. The summed E-state index contributed by atoms with van der Waals surface area (Å²) in [6.45, 7) is 23.1. The van der Waals surface area contributed by atoms with E-state index in [-0.39, 0.29) is 28.2 Å². The summed E-state index contributed by atoms with van der Waals surface area (Å²) in [6.07, 6.45) is 6.08. The van der Waals surface area contributed by atoms with Crippen LogP contribution in [0.15, 0.2) is 11.6 Å². The van der Waals surface area contributed by atoms with Gasteiger partial charge >= 0.3 is 0 Å². The number of allylic oxidation sites excluding steroid dienone is 1. The van der Waals surface area contributed by atoms with E-state index in [1.54, 1.807) is 0 Å². The Hall–Kier alpha value is 0.244. The van der Waals surface area contributed by atoms with Gasteiger partial charge in [0.1, 0.15) is 0 Å². The Morgan fingerprint density at radius 3 is 2.07 bits per heavy atom. The molecule has 0 heterocycles. The first-order valence-electron chi connectivity index (χ1n) is 11.7. The molecule has 0 aromatic rings. The molecule has 2 fully saturated rings. The largest absolute Gasteiger partial charge is 0.413 e. The molecule has 3 aliphatic rings. The van der Waals surface area contributed by atoms with Gasteiger partial charge in [0.15, 0.2) is 22.4 Å². The van der Waals surface area contributed by atoms with E-state index in [0.29, 0.717) is 18.1 Å². The molecule has 3 nitrogen and oxygen atoms in total. The van der Waals surface area contributed by atoms with Crippen LogP contribution < -0.4 is 0 Å². The summed E-state index contributed by atoms with van der Waals surface area (Å²) in [5.41, 5.74) is 1.34. The molecule has 0 unspecified atom stereocenters. The fourth-order valence-electron chi connectivity index (χ4n) is 4.92. The maximum atomic E-state index is 13.2. The third-order valence-corrected chi connectivity index (χ3v) is 19.4. The SMILES string of the molecule is CC(C)(C)[Si](C)(C)O[C@H]1C[C@@H](O[Si](C)(C)C(C)(C)C)C2=CC[C@@H]3CCC(=O)[C@]3(Br)[C@@H]21. The fraction of sp³-hybridized carbons (Fsp3) is 0.875. The summed E-state index contributed by atoms with van der Waals surface area (Å²) < 4.78 is 13.5. The van der Waals surface area contributed by atoms with Crippen LogP contribution in [0.3, 0.4) is 0 Å². The van der Waals surface area contributed by atoms with Crippen molar-refractivity contribution in [3.8, 4) is 0 Å². The number of Topliss-reactive ketones (excluding diaryl/α,β-unsaturated/α-hetero) is 1. The first-order chi connectivity index (χ1) is 13.4. The van der Waals surface area contributed by atoms with E-state index in [2.05, 4.69) is 89.7 Å². The van der Waals surface area contributed by atoms with Crippen molar-refractivity contribution < 1.29 is 13.6 Å². The Morgan fingerprint density at radius 2 is 1.53 bits per heavy atom. The summed E-state index contributed by atoms with van der Waals surface area (Å²) in [5.74, 6) is 0.867. The first-order valence-corrected chi connectivity index (χ1v) is 18.3. The minimum atomic E-state index is -1.97. The van der Waals surface area contributed by atoms with E-state index in [1.807, 2.05) is 0 Å². The van der Waals surface area contributed by atoms with E-state index in [4.69, 9.17) is 8.85 Å². The van der Waals surface area contributed by atoms with E-state index in [9.17, 15) is 4.79 Å². The summed E-state index contributed by atoms with van der Waals surface area (Å²) >= 11 is 4.04. The van der Waals surface area contributed by atoms with Crippen molar-refractivity contribution >= 4 is 38.3 Å². The van der Waals surface area contributed by atoms with Crippen molar-refractivity contribution in [3.63, 3.8) is 0 Å². The van der Waals surface area contributed by atoms with Crippen LogP contribution in [0.25, 0.3) is 0 Å². The van der Waals surface area contributed by atoms with E-state index in [1.165, 1.54) is 5.57 Å². The molecular weight excluding hydrogens is 472 g/mol. The molecule has 0 amide bonds. The third-order valence-electron chi connectivity index (χ3n) is 8.88. The van der Waals surface area contributed by atoms with Crippen molar-refractivity contribution in [1.82, 2.24) is 0 Å². The van der Waals surface area contributed by atoms with Crippen LogP contribution in [0.2, 0.25) is 36.3 Å². The van der Waals surface area contributed by atoms with E-state index < -0.39 is 21.0 Å². The number of carbonyl (C=O) groups is 1. The Kier molecular flexibility index (Phi) is 6.34. The highest BCUT2D eigenvalue weighted by molar-refractivity contribution is 9.10. The van der Waals surface area contributed by atoms with Gasteiger partial charge in [-0.05, 0) is 60.6 Å². The number of hydrogen-bond acceptors (Lipinski definition) is 3. The molecule has 0 aromatic heterocycles. The van der Waals surface area contributed by atoms with Crippen molar-refractivity contribution in [2.24, 2.45) is 11.8 Å². The number of hydrogen-bond donors (Lipinski definition) is 0. The second-order valence-electron chi connectivity index (χ2n) is 12.9. The predicted molar refractivity (Wildman–Crippen MR) is 134 cm³/mol. The van der Waals surface area contributed by atoms with Crippen LogP contribution in [0.1, 0.15) is 67.2 Å². The summed E-state index contributed by atoms with van der Waals surface area (Å²) in [7, 11) is -3.90. The topological polar surface area (TPSA) is 35.5 Å². The van der Waals surface area contributed by atoms with Crippen LogP contribution in [-0.4, -0.2) is 39.0 Å². The van der Waals surface area contributed by atoms with Gasteiger partial charge in [-0.1, -0.05) is 63.5 Å². The molecule has 2 saturated carbocycles. The Balaban J connectivity index is 2.00. The lowest BCUT2D eigenvalue weighted by atomic mass is 9.73. The fourth-order valence-corrected chi connectivity index (χ4v) is 8.73. The summed E-state index contributed by atoms with van der Waals surface area (Å²) in [5, 5.41) is 0.302.